The van der Waals surface area contributed by atoms with Crippen molar-refractivity contribution in [1.29, 1.82) is 0 Å². The zero-order valence-corrected chi connectivity index (χ0v) is 15.3. The van der Waals surface area contributed by atoms with Gasteiger partial charge in [-0.15, -0.1) is 0 Å². The van der Waals surface area contributed by atoms with Crippen LogP contribution in [0.3, 0.4) is 0 Å². The van der Waals surface area contributed by atoms with Crippen molar-refractivity contribution in [2.45, 2.75) is 25.0 Å². The smallest absolute Gasteiger partial charge is 0.158 e. The van der Waals surface area contributed by atoms with E-state index < -0.39 is 23.2 Å². The largest absolute Gasteiger partial charge is 0.382 e. The number of aliphatic hydroxyl groups is 1. The lowest BCUT2D eigenvalue weighted by molar-refractivity contribution is -0.0123. The molecule has 4 aromatic rings. The Labute approximate surface area is 163 Å². The highest BCUT2D eigenvalue weighted by Crippen LogP contribution is 2.39. The van der Waals surface area contributed by atoms with E-state index in [4.69, 9.17) is 0 Å². The van der Waals surface area contributed by atoms with E-state index in [1.807, 2.05) is 0 Å². The molecule has 1 aromatic carbocycles. The SMILES string of the molecule is CC(c1cc(-n2cncn2)ncn1)C(O)(Cn1cncn1)c1ccc(F)cc1F. The fourth-order valence-electron chi connectivity index (χ4n) is 3.15. The maximum absolute atomic E-state index is 14.7. The van der Waals surface area contributed by atoms with Gasteiger partial charge in [-0.2, -0.15) is 10.2 Å². The Morgan fingerprint density at radius 2 is 1.83 bits per heavy atom. The first kappa shape index (κ1) is 18.7. The van der Waals surface area contributed by atoms with Gasteiger partial charge < -0.3 is 5.11 Å². The first-order valence-corrected chi connectivity index (χ1v) is 8.64. The van der Waals surface area contributed by atoms with Crippen LogP contribution in [0.1, 0.15) is 24.1 Å². The summed E-state index contributed by atoms with van der Waals surface area (Å²) in [6.45, 7) is 1.56. The van der Waals surface area contributed by atoms with Crippen molar-refractivity contribution < 1.29 is 13.9 Å². The Morgan fingerprint density at radius 3 is 2.52 bits per heavy atom. The molecule has 29 heavy (non-hydrogen) atoms. The fourth-order valence-corrected chi connectivity index (χ4v) is 3.15. The minimum absolute atomic E-state index is 0.0807. The van der Waals surface area contributed by atoms with Gasteiger partial charge in [-0.1, -0.05) is 13.0 Å². The lowest BCUT2D eigenvalue weighted by atomic mass is 9.79. The molecule has 3 aromatic heterocycles. The van der Waals surface area contributed by atoms with Gasteiger partial charge in [0.05, 0.1) is 12.2 Å². The Kier molecular flexibility index (Phi) is 4.80. The number of aromatic nitrogens is 8. The molecule has 0 amide bonds. The van der Waals surface area contributed by atoms with Crippen LogP contribution in [-0.2, 0) is 12.1 Å². The molecule has 11 heteroatoms. The Balaban J connectivity index is 1.79. The number of hydrogen-bond acceptors (Lipinski definition) is 7. The molecular formula is C18H16F2N8O. The van der Waals surface area contributed by atoms with Crippen molar-refractivity contribution in [3.05, 3.63) is 78.8 Å². The summed E-state index contributed by atoms with van der Waals surface area (Å²) in [5, 5.41) is 19.6. The van der Waals surface area contributed by atoms with Crippen molar-refractivity contribution in [1.82, 2.24) is 39.5 Å². The lowest BCUT2D eigenvalue weighted by Crippen LogP contribution is -2.38. The third kappa shape index (κ3) is 3.59. The summed E-state index contributed by atoms with van der Waals surface area (Å²) < 4.78 is 30.9. The second-order valence-corrected chi connectivity index (χ2v) is 6.50. The van der Waals surface area contributed by atoms with Crippen LogP contribution >= 0.6 is 0 Å². The van der Waals surface area contributed by atoms with Gasteiger partial charge in [0.2, 0.25) is 0 Å². The van der Waals surface area contributed by atoms with Crippen LogP contribution in [0.15, 0.2) is 55.9 Å². The minimum atomic E-state index is -1.81. The quantitative estimate of drug-likeness (QED) is 0.526. The average Bonchev–Trinajstić information content (AvgIpc) is 3.41. The van der Waals surface area contributed by atoms with E-state index >= 15 is 0 Å². The summed E-state index contributed by atoms with van der Waals surface area (Å²) in [4.78, 5) is 16.1. The molecule has 0 radical (unpaired) electrons. The van der Waals surface area contributed by atoms with Gasteiger partial charge in [0.15, 0.2) is 5.82 Å². The second-order valence-electron chi connectivity index (χ2n) is 6.50. The summed E-state index contributed by atoms with van der Waals surface area (Å²) in [5.74, 6) is -1.90. The number of nitrogens with zero attached hydrogens (tertiary/aromatic N) is 8. The Morgan fingerprint density at radius 1 is 1.03 bits per heavy atom. The molecule has 4 rings (SSSR count). The van der Waals surface area contributed by atoms with Gasteiger partial charge in [0.1, 0.15) is 48.9 Å². The van der Waals surface area contributed by atoms with Crippen molar-refractivity contribution in [2.24, 2.45) is 0 Å². The highest BCUT2D eigenvalue weighted by Gasteiger charge is 2.40. The zero-order valence-electron chi connectivity index (χ0n) is 15.3. The maximum atomic E-state index is 14.7. The van der Waals surface area contributed by atoms with Gasteiger partial charge in [-0.25, -0.2) is 38.1 Å². The molecule has 0 saturated heterocycles. The van der Waals surface area contributed by atoms with Crippen LogP contribution in [-0.4, -0.2) is 44.6 Å². The van der Waals surface area contributed by atoms with E-state index in [1.54, 1.807) is 13.0 Å². The van der Waals surface area contributed by atoms with E-state index in [0.717, 1.165) is 12.1 Å². The second kappa shape index (κ2) is 7.43. The molecule has 0 aliphatic heterocycles. The van der Waals surface area contributed by atoms with Gasteiger partial charge in [-0.05, 0) is 6.07 Å². The lowest BCUT2D eigenvalue weighted by Gasteiger charge is -2.34. The maximum Gasteiger partial charge on any atom is 0.158 e. The summed E-state index contributed by atoms with van der Waals surface area (Å²) in [6, 6.07) is 4.66. The predicted octanol–water partition coefficient (Wildman–Crippen LogP) is 1.62. The third-order valence-electron chi connectivity index (χ3n) is 4.75. The van der Waals surface area contributed by atoms with Crippen molar-refractivity contribution >= 4 is 0 Å². The van der Waals surface area contributed by atoms with E-state index in [0.29, 0.717) is 11.5 Å². The van der Waals surface area contributed by atoms with E-state index in [2.05, 4.69) is 30.1 Å². The van der Waals surface area contributed by atoms with E-state index in [1.165, 1.54) is 47.1 Å². The van der Waals surface area contributed by atoms with Crippen molar-refractivity contribution in [2.75, 3.05) is 0 Å². The standard InChI is InChI=1S/C18H16F2N8O/c1-12(16-5-17(24-9-23-16)28-11-22-8-26-28)18(29,6-27-10-21-7-25-27)14-3-2-13(19)4-15(14)20/h2-5,7-12,29H,6H2,1H3. The van der Waals surface area contributed by atoms with Crippen LogP contribution in [0.2, 0.25) is 0 Å². The van der Waals surface area contributed by atoms with E-state index in [9.17, 15) is 13.9 Å². The predicted molar refractivity (Wildman–Crippen MR) is 95.6 cm³/mol. The zero-order chi connectivity index (χ0) is 20.4. The first-order chi connectivity index (χ1) is 14.0. The topological polar surface area (TPSA) is 107 Å². The molecule has 148 valence electrons. The van der Waals surface area contributed by atoms with Crippen molar-refractivity contribution in [3.63, 3.8) is 0 Å². The van der Waals surface area contributed by atoms with Crippen LogP contribution in [0, 0.1) is 11.6 Å². The highest BCUT2D eigenvalue weighted by atomic mass is 19.1. The first-order valence-electron chi connectivity index (χ1n) is 8.64. The van der Waals surface area contributed by atoms with Gasteiger partial charge in [-0.3, -0.25) is 0 Å². The number of benzene rings is 1. The molecule has 0 bridgehead atoms. The fraction of sp³-hybridized carbons (Fsp3) is 0.222. The number of rotatable bonds is 6. The van der Waals surface area contributed by atoms with Crippen LogP contribution in [0.5, 0.6) is 0 Å². The summed E-state index contributed by atoms with van der Waals surface area (Å²) >= 11 is 0. The van der Waals surface area contributed by atoms with Crippen LogP contribution in [0.4, 0.5) is 8.78 Å². The highest BCUT2D eigenvalue weighted by molar-refractivity contribution is 5.32. The molecule has 9 nitrogen and oxygen atoms in total. The molecule has 2 unspecified atom stereocenters. The third-order valence-corrected chi connectivity index (χ3v) is 4.75. The van der Waals surface area contributed by atoms with Gasteiger partial charge >= 0.3 is 0 Å². The molecule has 2 atom stereocenters. The molecule has 0 fully saturated rings. The van der Waals surface area contributed by atoms with Gasteiger partial charge in [0.25, 0.3) is 0 Å². The van der Waals surface area contributed by atoms with Crippen LogP contribution in [0.25, 0.3) is 5.82 Å². The molecule has 0 spiro atoms. The molecule has 0 aliphatic rings. The number of halogens is 2. The Bertz CT molecular complexity index is 1100. The van der Waals surface area contributed by atoms with Crippen molar-refractivity contribution in [3.8, 4) is 5.82 Å². The summed E-state index contributed by atoms with van der Waals surface area (Å²) in [7, 11) is 0. The number of hydrogen-bond donors (Lipinski definition) is 1. The molecule has 1 N–H and O–H groups in total. The average molecular weight is 398 g/mol. The van der Waals surface area contributed by atoms with Crippen LogP contribution < -0.4 is 0 Å². The molecule has 0 aliphatic carbocycles. The summed E-state index contributed by atoms with van der Waals surface area (Å²) in [5.41, 5.74) is -1.46. The molecule has 0 saturated carbocycles. The van der Waals surface area contributed by atoms with Gasteiger partial charge in [0, 0.05) is 23.6 Å². The Hall–Kier alpha value is -3.60. The minimum Gasteiger partial charge on any atom is -0.382 e. The molecular weight excluding hydrogens is 382 g/mol. The molecule has 3 heterocycles. The summed E-state index contributed by atoms with van der Waals surface area (Å²) in [6.07, 6.45) is 6.86. The van der Waals surface area contributed by atoms with E-state index in [-0.39, 0.29) is 12.1 Å². The normalized spacial score (nSPS) is 14.5. The monoisotopic (exact) mass is 398 g/mol.